The highest BCUT2D eigenvalue weighted by Gasteiger charge is 2.47. The largest absolute Gasteiger partial charge is 0.490 e. The number of nitrogens with one attached hydrogen (secondary N) is 2. The van der Waals surface area contributed by atoms with E-state index >= 15 is 0 Å². The number of pyridine rings is 1. The van der Waals surface area contributed by atoms with E-state index in [-0.39, 0.29) is 11.8 Å². The molecule has 2 aliphatic rings. The molecule has 1 saturated heterocycles. The normalized spacial score (nSPS) is 18.2. The zero-order chi connectivity index (χ0) is 25.4. The fourth-order valence-corrected chi connectivity index (χ4v) is 4.90. The van der Waals surface area contributed by atoms with Crippen molar-refractivity contribution in [3.05, 3.63) is 71.4 Å². The summed E-state index contributed by atoms with van der Waals surface area (Å²) >= 11 is 0. The van der Waals surface area contributed by atoms with Crippen molar-refractivity contribution < 1.29 is 14.3 Å². The molecule has 3 aromatic rings. The van der Waals surface area contributed by atoms with Crippen molar-refractivity contribution >= 4 is 34.5 Å². The minimum absolute atomic E-state index is 0.161. The predicted octanol–water partition coefficient (Wildman–Crippen LogP) is 4.65. The fourth-order valence-electron chi connectivity index (χ4n) is 4.90. The first kappa shape index (κ1) is 24.0. The quantitative estimate of drug-likeness (QED) is 0.486. The lowest BCUT2D eigenvalue weighted by atomic mass is 9.95. The summed E-state index contributed by atoms with van der Waals surface area (Å²) in [5.74, 6) is 0.164. The third-order valence-corrected chi connectivity index (χ3v) is 7.35. The first-order chi connectivity index (χ1) is 17.3. The zero-order valence-electron chi connectivity index (χ0n) is 21.1. The molecule has 5 rings (SSSR count). The standard InChI is InChI=1S/C29H32N4O3/c1-5-20-14-24(22-7-6-11-30-25(22)15-20)29(9-10-29)32-28(35)23-16-27(36-17-21-8-12-33(21)4)26(13-18(23)2)31-19(3)34/h5-7,11,13-16,21H,1,8-10,12,17H2,2-4H3,(H,31,34)(H,32,35)/t21-/m0/s1. The predicted molar refractivity (Wildman–Crippen MR) is 142 cm³/mol. The van der Waals surface area contributed by atoms with Crippen LogP contribution in [0.15, 0.2) is 49.2 Å². The van der Waals surface area contributed by atoms with Gasteiger partial charge in [0.05, 0.1) is 16.7 Å². The van der Waals surface area contributed by atoms with Gasteiger partial charge in [-0.25, -0.2) is 0 Å². The Morgan fingerprint density at radius 2 is 2.08 bits per heavy atom. The van der Waals surface area contributed by atoms with Crippen LogP contribution in [-0.4, -0.2) is 47.9 Å². The highest BCUT2D eigenvalue weighted by atomic mass is 16.5. The topological polar surface area (TPSA) is 83.6 Å². The molecule has 2 N–H and O–H groups in total. The molecule has 2 heterocycles. The van der Waals surface area contributed by atoms with E-state index in [9.17, 15) is 9.59 Å². The summed E-state index contributed by atoms with van der Waals surface area (Å²) in [7, 11) is 2.07. The third kappa shape index (κ3) is 4.58. The van der Waals surface area contributed by atoms with E-state index in [0.717, 1.165) is 53.4 Å². The minimum Gasteiger partial charge on any atom is -0.490 e. The van der Waals surface area contributed by atoms with E-state index in [4.69, 9.17) is 4.74 Å². The monoisotopic (exact) mass is 484 g/mol. The van der Waals surface area contributed by atoms with Crippen LogP contribution >= 0.6 is 0 Å². The van der Waals surface area contributed by atoms with Gasteiger partial charge in [0.1, 0.15) is 12.4 Å². The van der Waals surface area contributed by atoms with Crippen LogP contribution in [0.1, 0.15) is 53.2 Å². The Bertz CT molecular complexity index is 1360. The second-order valence-corrected chi connectivity index (χ2v) is 9.96. The van der Waals surface area contributed by atoms with Crippen LogP contribution < -0.4 is 15.4 Å². The number of fused-ring (bicyclic) bond motifs is 1. The Hall–Kier alpha value is -3.71. The zero-order valence-corrected chi connectivity index (χ0v) is 21.1. The number of aryl methyl sites for hydroxylation is 1. The van der Waals surface area contributed by atoms with Crippen LogP contribution in [0, 0.1) is 6.92 Å². The summed E-state index contributed by atoms with van der Waals surface area (Å²) in [6.45, 7) is 8.82. The van der Waals surface area contributed by atoms with Gasteiger partial charge in [-0.3, -0.25) is 19.5 Å². The number of aromatic nitrogens is 1. The van der Waals surface area contributed by atoms with Gasteiger partial charge in [0.25, 0.3) is 5.91 Å². The maximum Gasteiger partial charge on any atom is 0.252 e. The molecular weight excluding hydrogens is 452 g/mol. The van der Waals surface area contributed by atoms with E-state index in [1.165, 1.54) is 6.92 Å². The van der Waals surface area contributed by atoms with Gasteiger partial charge in [-0.1, -0.05) is 18.7 Å². The molecule has 1 aromatic heterocycles. The molecule has 1 atom stereocenters. The molecule has 7 heteroatoms. The maximum absolute atomic E-state index is 13.6. The van der Waals surface area contributed by atoms with Crippen molar-refractivity contribution in [1.82, 2.24) is 15.2 Å². The second kappa shape index (κ2) is 9.39. The number of benzene rings is 2. The Morgan fingerprint density at radius 3 is 2.72 bits per heavy atom. The summed E-state index contributed by atoms with van der Waals surface area (Å²) in [4.78, 5) is 32.2. The van der Waals surface area contributed by atoms with Crippen molar-refractivity contribution in [2.75, 3.05) is 25.5 Å². The molecule has 1 saturated carbocycles. The molecule has 2 amide bonds. The van der Waals surface area contributed by atoms with Crippen LogP contribution in [0.25, 0.3) is 17.0 Å². The third-order valence-electron chi connectivity index (χ3n) is 7.35. The van der Waals surface area contributed by atoms with E-state index in [2.05, 4.69) is 40.2 Å². The average molecular weight is 485 g/mol. The number of hydrogen-bond acceptors (Lipinski definition) is 5. The maximum atomic E-state index is 13.6. The summed E-state index contributed by atoms with van der Waals surface area (Å²) in [6.07, 6.45) is 6.36. The van der Waals surface area contributed by atoms with Crippen LogP contribution in [-0.2, 0) is 10.3 Å². The van der Waals surface area contributed by atoms with Crippen LogP contribution in [0.5, 0.6) is 5.75 Å². The van der Waals surface area contributed by atoms with Crippen molar-refractivity contribution in [2.45, 2.75) is 44.7 Å². The van der Waals surface area contributed by atoms with E-state index < -0.39 is 5.54 Å². The SMILES string of the molecule is C=Cc1cc(C2(NC(=O)c3cc(OC[C@@H]4CCN4C)c(NC(C)=O)cc3C)CC2)c2cccnc2c1. The van der Waals surface area contributed by atoms with Crippen LogP contribution in [0.2, 0.25) is 0 Å². The van der Waals surface area contributed by atoms with Gasteiger partial charge in [-0.05, 0) is 86.8 Å². The van der Waals surface area contributed by atoms with Gasteiger partial charge >= 0.3 is 0 Å². The average Bonchev–Trinajstić information content (AvgIpc) is 3.63. The number of carbonyl (C=O) groups is 2. The smallest absolute Gasteiger partial charge is 0.252 e. The number of ether oxygens (including phenoxy) is 1. The highest BCUT2D eigenvalue weighted by molar-refractivity contribution is 5.99. The number of likely N-dealkylation sites (N-methyl/N-ethyl adjacent to an activating group) is 1. The summed E-state index contributed by atoms with van der Waals surface area (Å²) in [5.41, 5.74) is 4.36. The molecule has 2 fully saturated rings. The number of carbonyl (C=O) groups excluding carboxylic acids is 2. The second-order valence-electron chi connectivity index (χ2n) is 9.96. The Morgan fingerprint density at radius 1 is 1.28 bits per heavy atom. The summed E-state index contributed by atoms with van der Waals surface area (Å²) in [6, 6.07) is 12.0. The van der Waals surface area contributed by atoms with Crippen molar-refractivity contribution in [2.24, 2.45) is 0 Å². The number of likely N-dealkylation sites (tertiary alicyclic amines) is 1. The van der Waals surface area contributed by atoms with Gasteiger partial charge < -0.3 is 15.4 Å². The molecular formula is C29H32N4O3. The van der Waals surface area contributed by atoms with Gasteiger partial charge in [0, 0.05) is 30.1 Å². The molecule has 1 aliphatic carbocycles. The van der Waals surface area contributed by atoms with Gasteiger partial charge in [0.2, 0.25) is 5.91 Å². The molecule has 2 aromatic carbocycles. The van der Waals surface area contributed by atoms with Gasteiger partial charge in [-0.2, -0.15) is 0 Å². The van der Waals surface area contributed by atoms with Crippen LogP contribution in [0.3, 0.4) is 0 Å². The van der Waals surface area contributed by atoms with E-state index in [1.807, 2.05) is 37.3 Å². The molecule has 0 spiro atoms. The van der Waals surface area contributed by atoms with Crippen molar-refractivity contribution in [3.63, 3.8) is 0 Å². The molecule has 7 nitrogen and oxygen atoms in total. The van der Waals surface area contributed by atoms with Gasteiger partial charge in [-0.15, -0.1) is 0 Å². The van der Waals surface area contributed by atoms with Crippen molar-refractivity contribution in [3.8, 4) is 5.75 Å². The molecule has 0 unspecified atom stereocenters. The molecule has 0 bridgehead atoms. The lowest BCUT2D eigenvalue weighted by Gasteiger charge is -2.37. The number of amides is 2. The Balaban J connectivity index is 1.45. The Kier molecular flexibility index (Phi) is 6.26. The minimum atomic E-state index is -0.449. The number of nitrogens with zero attached hydrogens (tertiary/aromatic N) is 2. The number of rotatable bonds is 8. The molecule has 36 heavy (non-hydrogen) atoms. The fraction of sp³-hybridized carbons (Fsp3) is 0.345. The summed E-state index contributed by atoms with van der Waals surface area (Å²) < 4.78 is 6.12. The molecule has 0 radical (unpaired) electrons. The number of anilines is 1. The highest BCUT2D eigenvalue weighted by Crippen LogP contribution is 2.48. The lowest BCUT2D eigenvalue weighted by molar-refractivity contribution is -0.114. The van der Waals surface area contributed by atoms with E-state index in [1.54, 1.807) is 12.3 Å². The Labute approximate surface area is 211 Å². The molecule has 1 aliphatic heterocycles. The number of hydrogen-bond donors (Lipinski definition) is 2. The summed E-state index contributed by atoms with van der Waals surface area (Å²) in [5, 5.41) is 7.19. The van der Waals surface area contributed by atoms with Crippen molar-refractivity contribution in [1.29, 1.82) is 0 Å². The molecule has 186 valence electrons. The van der Waals surface area contributed by atoms with Crippen LogP contribution in [0.4, 0.5) is 5.69 Å². The van der Waals surface area contributed by atoms with Gasteiger partial charge in [0.15, 0.2) is 0 Å². The lowest BCUT2D eigenvalue weighted by Crippen LogP contribution is -2.48. The first-order valence-corrected chi connectivity index (χ1v) is 12.4. The van der Waals surface area contributed by atoms with E-state index in [0.29, 0.717) is 29.6 Å². The first-order valence-electron chi connectivity index (χ1n) is 12.4.